The SMILES string of the molecule is COCCOCCCCNc1ncc([N+](=O)[O-])cc1Br. The van der Waals surface area contributed by atoms with Gasteiger partial charge in [0, 0.05) is 26.3 Å². The van der Waals surface area contributed by atoms with E-state index in [2.05, 4.69) is 26.2 Å². The molecular formula is C12H18BrN3O4. The van der Waals surface area contributed by atoms with Crippen molar-refractivity contribution in [1.29, 1.82) is 0 Å². The van der Waals surface area contributed by atoms with Crippen LogP contribution in [0.1, 0.15) is 12.8 Å². The topological polar surface area (TPSA) is 86.5 Å². The second-order valence-electron chi connectivity index (χ2n) is 4.02. The minimum absolute atomic E-state index is 0.0334. The molecule has 0 atom stereocenters. The molecule has 20 heavy (non-hydrogen) atoms. The number of aromatic nitrogens is 1. The molecule has 0 aliphatic carbocycles. The second kappa shape index (κ2) is 9.62. The van der Waals surface area contributed by atoms with Gasteiger partial charge in [-0.3, -0.25) is 10.1 Å². The largest absolute Gasteiger partial charge is 0.382 e. The van der Waals surface area contributed by atoms with Gasteiger partial charge >= 0.3 is 0 Å². The highest BCUT2D eigenvalue weighted by molar-refractivity contribution is 9.10. The average Bonchev–Trinajstić information content (AvgIpc) is 2.43. The standard InChI is InChI=1S/C12H18BrN3O4/c1-19-6-7-20-5-3-2-4-14-12-11(13)8-10(9-15-12)16(17)18/h8-9H,2-7H2,1H3,(H,14,15). The van der Waals surface area contributed by atoms with E-state index in [0.29, 0.717) is 30.1 Å². The van der Waals surface area contributed by atoms with Gasteiger partial charge in [0.1, 0.15) is 12.0 Å². The van der Waals surface area contributed by atoms with Gasteiger partial charge < -0.3 is 14.8 Å². The summed E-state index contributed by atoms with van der Waals surface area (Å²) >= 11 is 3.26. The van der Waals surface area contributed by atoms with Gasteiger partial charge in [0.15, 0.2) is 0 Å². The first-order chi connectivity index (χ1) is 9.65. The Kier molecular flexibility index (Phi) is 8.08. The molecule has 1 aromatic rings. The number of hydrogen-bond acceptors (Lipinski definition) is 6. The number of nitro groups is 1. The normalized spacial score (nSPS) is 10.5. The third-order valence-electron chi connectivity index (χ3n) is 2.48. The van der Waals surface area contributed by atoms with Crippen LogP contribution in [0.5, 0.6) is 0 Å². The van der Waals surface area contributed by atoms with Gasteiger partial charge in [0.2, 0.25) is 0 Å². The van der Waals surface area contributed by atoms with Crippen LogP contribution in [-0.2, 0) is 9.47 Å². The quantitative estimate of drug-likeness (QED) is 0.397. The van der Waals surface area contributed by atoms with Crippen molar-refractivity contribution in [1.82, 2.24) is 4.98 Å². The van der Waals surface area contributed by atoms with Crippen LogP contribution >= 0.6 is 15.9 Å². The van der Waals surface area contributed by atoms with Gasteiger partial charge in [-0.2, -0.15) is 0 Å². The van der Waals surface area contributed by atoms with Crippen molar-refractivity contribution >= 4 is 27.4 Å². The molecule has 8 heteroatoms. The zero-order valence-electron chi connectivity index (χ0n) is 11.3. The molecule has 0 unspecified atom stereocenters. The van der Waals surface area contributed by atoms with Crippen molar-refractivity contribution in [2.24, 2.45) is 0 Å². The van der Waals surface area contributed by atoms with Gasteiger partial charge in [-0.1, -0.05) is 0 Å². The predicted molar refractivity (Wildman–Crippen MR) is 79.0 cm³/mol. The minimum Gasteiger partial charge on any atom is -0.382 e. The Hall–Kier alpha value is -1.25. The minimum atomic E-state index is -0.473. The fourth-order valence-electron chi connectivity index (χ4n) is 1.44. The van der Waals surface area contributed by atoms with Crippen molar-refractivity contribution in [3.8, 4) is 0 Å². The number of anilines is 1. The van der Waals surface area contributed by atoms with E-state index >= 15 is 0 Å². The summed E-state index contributed by atoms with van der Waals surface area (Å²) in [6.45, 7) is 2.65. The molecule has 1 rings (SSSR count). The molecule has 0 bridgehead atoms. The first-order valence-corrected chi connectivity index (χ1v) is 7.05. The zero-order chi connectivity index (χ0) is 14.8. The number of ether oxygens (including phenoxy) is 2. The molecule has 0 aliphatic heterocycles. The molecule has 1 N–H and O–H groups in total. The maximum Gasteiger partial charge on any atom is 0.288 e. The molecule has 0 aliphatic rings. The number of halogens is 1. The molecule has 0 fully saturated rings. The Bertz CT molecular complexity index is 431. The van der Waals surface area contributed by atoms with Crippen molar-refractivity contribution in [2.45, 2.75) is 12.8 Å². The number of pyridine rings is 1. The molecule has 0 saturated carbocycles. The Morgan fingerprint density at radius 2 is 2.20 bits per heavy atom. The van der Waals surface area contributed by atoms with E-state index in [1.54, 1.807) is 7.11 Å². The first-order valence-electron chi connectivity index (χ1n) is 6.25. The van der Waals surface area contributed by atoms with Crippen LogP contribution < -0.4 is 5.32 Å². The summed E-state index contributed by atoms with van der Waals surface area (Å²) in [7, 11) is 1.64. The molecule has 0 saturated heterocycles. The fourth-order valence-corrected chi connectivity index (χ4v) is 1.92. The monoisotopic (exact) mass is 347 g/mol. The van der Waals surface area contributed by atoms with Gasteiger partial charge in [0.25, 0.3) is 5.69 Å². The third kappa shape index (κ3) is 6.27. The van der Waals surface area contributed by atoms with Crippen LogP contribution in [0.15, 0.2) is 16.7 Å². The van der Waals surface area contributed by atoms with Gasteiger partial charge in [-0.25, -0.2) is 4.98 Å². The molecule has 7 nitrogen and oxygen atoms in total. The lowest BCUT2D eigenvalue weighted by Crippen LogP contribution is -2.07. The number of rotatable bonds is 10. The number of nitrogens with one attached hydrogen (secondary N) is 1. The van der Waals surface area contributed by atoms with E-state index in [-0.39, 0.29) is 5.69 Å². The maximum absolute atomic E-state index is 10.6. The van der Waals surface area contributed by atoms with Crippen LogP contribution in [0, 0.1) is 10.1 Å². The summed E-state index contributed by atoms with van der Waals surface area (Å²) in [6, 6.07) is 1.43. The van der Waals surface area contributed by atoms with E-state index in [9.17, 15) is 10.1 Å². The van der Waals surface area contributed by atoms with Crippen molar-refractivity contribution < 1.29 is 14.4 Å². The summed E-state index contributed by atoms with van der Waals surface area (Å²) < 4.78 is 10.8. The average molecular weight is 348 g/mol. The Morgan fingerprint density at radius 1 is 1.40 bits per heavy atom. The highest BCUT2D eigenvalue weighted by Crippen LogP contribution is 2.24. The maximum atomic E-state index is 10.6. The molecule has 0 aromatic carbocycles. The van der Waals surface area contributed by atoms with Crippen LogP contribution in [0.3, 0.4) is 0 Å². The highest BCUT2D eigenvalue weighted by Gasteiger charge is 2.09. The highest BCUT2D eigenvalue weighted by atomic mass is 79.9. The molecule has 1 aromatic heterocycles. The number of methoxy groups -OCH3 is 1. The second-order valence-corrected chi connectivity index (χ2v) is 4.87. The van der Waals surface area contributed by atoms with E-state index in [4.69, 9.17) is 9.47 Å². The van der Waals surface area contributed by atoms with Gasteiger partial charge in [0.05, 0.1) is 22.6 Å². The molecular weight excluding hydrogens is 330 g/mol. The fraction of sp³-hybridized carbons (Fsp3) is 0.583. The Labute approximate surface area is 126 Å². The summed E-state index contributed by atoms with van der Waals surface area (Å²) in [4.78, 5) is 14.1. The van der Waals surface area contributed by atoms with E-state index in [0.717, 1.165) is 19.4 Å². The Morgan fingerprint density at radius 3 is 2.85 bits per heavy atom. The molecule has 0 spiro atoms. The van der Waals surface area contributed by atoms with Crippen molar-refractivity contribution in [3.63, 3.8) is 0 Å². The summed E-state index contributed by atoms with van der Waals surface area (Å²) in [5, 5.41) is 13.7. The third-order valence-corrected chi connectivity index (χ3v) is 3.08. The molecule has 1 heterocycles. The van der Waals surface area contributed by atoms with Crippen LogP contribution in [0.2, 0.25) is 0 Å². The van der Waals surface area contributed by atoms with Gasteiger partial charge in [-0.05, 0) is 28.8 Å². The van der Waals surface area contributed by atoms with Crippen molar-refractivity contribution in [2.75, 3.05) is 38.8 Å². The van der Waals surface area contributed by atoms with E-state index < -0.39 is 4.92 Å². The van der Waals surface area contributed by atoms with Gasteiger partial charge in [-0.15, -0.1) is 0 Å². The first kappa shape index (κ1) is 16.8. The number of unbranched alkanes of at least 4 members (excludes halogenated alkanes) is 1. The lowest BCUT2D eigenvalue weighted by Gasteiger charge is -2.07. The summed E-state index contributed by atoms with van der Waals surface area (Å²) in [6.07, 6.45) is 3.10. The lowest BCUT2D eigenvalue weighted by atomic mass is 10.3. The summed E-state index contributed by atoms with van der Waals surface area (Å²) in [5.74, 6) is 0.607. The van der Waals surface area contributed by atoms with Crippen LogP contribution in [0.25, 0.3) is 0 Å². The predicted octanol–water partition coefficient (Wildman–Crippen LogP) is 2.61. The molecule has 0 radical (unpaired) electrons. The van der Waals surface area contributed by atoms with E-state index in [1.807, 2.05) is 0 Å². The molecule has 112 valence electrons. The number of nitrogens with zero attached hydrogens (tertiary/aromatic N) is 2. The Balaban J connectivity index is 2.20. The summed E-state index contributed by atoms with van der Waals surface area (Å²) in [5.41, 5.74) is -0.0334. The van der Waals surface area contributed by atoms with Crippen LogP contribution in [0.4, 0.5) is 11.5 Å². The van der Waals surface area contributed by atoms with Crippen LogP contribution in [-0.4, -0.2) is 43.4 Å². The molecule has 0 amide bonds. The number of hydrogen-bond donors (Lipinski definition) is 1. The van der Waals surface area contributed by atoms with E-state index in [1.165, 1.54) is 12.3 Å². The van der Waals surface area contributed by atoms with Crippen molar-refractivity contribution in [3.05, 3.63) is 26.9 Å². The zero-order valence-corrected chi connectivity index (χ0v) is 12.9. The lowest BCUT2D eigenvalue weighted by molar-refractivity contribution is -0.385. The smallest absolute Gasteiger partial charge is 0.288 e.